The fraction of sp³-hybridized carbons (Fsp3) is 0.462. The van der Waals surface area contributed by atoms with Crippen LogP contribution >= 0.6 is 0 Å². The normalized spacial score (nSPS) is 12.1. The molecule has 1 heterocycles. The van der Waals surface area contributed by atoms with Crippen molar-refractivity contribution in [3.8, 4) is 0 Å². The summed E-state index contributed by atoms with van der Waals surface area (Å²) in [6.07, 6.45) is 3.00. The van der Waals surface area contributed by atoms with E-state index in [1.54, 1.807) is 0 Å². The molecule has 0 saturated heterocycles. The SMILES string of the molecule is CCCc1nc2cc(N)ccc2n1CCNS(C)(=O)=O. The van der Waals surface area contributed by atoms with Gasteiger partial charge >= 0.3 is 0 Å². The van der Waals surface area contributed by atoms with Crippen LogP contribution in [0, 0.1) is 0 Å². The van der Waals surface area contributed by atoms with E-state index < -0.39 is 10.0 Å². The van der Waals surface area contributed by atoms with Crippen LogP contribution < -0.4 is 10.5 Å². The first-order chi connectivity index (χ1) is 9.40. The Morgan fingerprint density at radius 3 is 2.80 bits per heavy atom. The lowest BCUT2D eigenvalue weighted by Gasteiger charge is -2.09. The van der Waals surface area contributed by atoms with E-state index in [1.165, 1.54) is 0 Å². The molecule has 0 bridgehead atoms. The highest BCUT2D eigenvalue weighted by molar-refractivity contribution is 7.88. The van der Waals surface area contributed by atoms with E-state index in [1.807, 2.05) is 18.2 Å². The average molecular weight is 296 g/mol. The number of rotatable bonds is 6. The Kier molecular flexibility index (Phi) is 4.29. The van der Waals surface area contributed by atoms with Crippen molar-refractivity contribution in [3.05, 3.63) is 24.0 Å². The molecule has 6 nitrogen and oxygen atoms in total. The van der Waals surface area contributed by atoms with Crippen molar-refractivity contribution in [2.75, 3.05) is 18.5 Å². The molecule has 0 spiro atoms. The highest BCUT2D eigenvalue weighted by atomic mass is 32.2. The van der Waals surface area contributed by atoms with Crippen LogP contribution in [0.3, 0.4) is 0 Å². The molecule has 0 aliphatic carbocycles. The second kappa shape index (κ2) is 5.80. The molecule has 0 aliphatic rings. The number of nitrogens with two attached hydrogens (primary N) is 1. The van der Waals surface area contributed by atoms with Crippen LogP contribution in [-0.4, -0.2) is 30.8 Å². The van der Waals surface area contributed by atoms with Crippen LogP contribution in [0.4, 0.5) is 5.69 Å². The lowest BCUT2D eigenvalue weighted by Crippen LogP contribution is -2.26. The predicted molar refractivity (Wildman–Crippen MR) is 81.0 cm³/mol. The molecule has 20 heavy (non-hydrogen) atoms. The van der Waals surface area contributed by atoms with Gasteiger partial charge in [0.15, 0.2) is 0 Å². The van der Waals surface area contributed by atoms with Crippen LogP contribution in [0.15, 0.2) is 18.2 Å². The van der Waals surface area contributed by atoms with Gasteiger partial charge in [-0.25, -0.2) is 18.1 Å². The van der Waals surface area contributed by atoms with Crippen LogP contribution in [0.25, 0.3) is 11.0 Å². The molecule has 0 fully saturated rings. The maximum Gasteiger partial charge on any atom is 0.208 e. The molecule has 3 N–H and O–H groups in total. The van der Waals surface area contributed by atoms with Crippen LogP contribution in [0.1, 0.15) is 19.2 Å². The summed E-state index contributed by atoms with van der Waals surface area (Å²) in [5.41, 5.74) is 8.29. The molecule has 1 aromatic heterocycles. The molecule has 1 aromatic carbocycles. The summed E-state index contributed by atoms with van der Waals surface area (Å²) in [6, 6.07) is 5.60. The number of anilines is 1. The molecule has 0 saturated carbocycles. The summed E-state index contributed by atoms with van der Waals surface area (Å²) < 4.78 is 26.8. The van der Waals surface area contributed by atoms with E-state index >= 15 is 0 Å². The van der Waals surface area contributed by atoms with E-state index in [0.29, 0.717) is 18.8 Å². The number of benzene rings is 1. The molecule has 0 aliphatic heterocycles. The fourth-order valence-corrected chi connectivity index (χ4v) is 2.67. The Balaban J connectivity index is 2.31. The minimum Gasteiger partial charge on any atom is -0.399 e. The standard InChI is InChI=1S/C13H20N4O2S/c1-3-4-13-16-11-9-10(14)5-6-12(11)17(13)8-7-15-20(2,18)19/h5-6,9,15H,3-4,7-8,14H2,1-2H3. The molecule has 2 aromatic rings. The molecule has 2 rings (SSSR count). The number of sulfonamides is 1. The van der Waals surface area contributed by atoms with E-state index in [2.05, 4.69) is 21.2 Å². The van der Waals surface area contributed by atoms with Gasteiger partial charge in [0, 0.05) is 25.2 Å². The van der Waals surface area contributed by atoms with Gasteiger partial charge in [-0.2, -0.15) is 0 Å². The Morgan fingerprint density at radius 2 is 2.15 bits per heavy atom. The topological polar surface area (TPSA) is 90.0 Å². The van der Waals surface area contributed by atoms with Gasteiger partial charge in [0.25, 0.3) is 0 Å². The maximum absolute atomic E-state index is 11.1. The summed E-state index contributed by atoms with van der Waals surface area (Å²) in [5, 5.41) is 0. The van der Waals surface area contributed by atoms with Gasteiger partial charge in [0.05, 0.1) is 17.3 Å². The quantitative estimate of drug-likeness (QED) is 0.782. The molecule has 0 radical (unpaired) electrons. The third-order valence-electron chi connectivity index (χ3n) is 3.02. The highest BCUT2D eigenvalue weighted by Crippen LogP contribution is 2.19. The molecule has 110 valence electrons. The van der Waals surface area contributed by atoms with Gasteiger partial charge in [-0.05, 0) is 24.6 Å². The average Bonchev–Trinajstić information content (AvgIpc) is 2.65. The fourth-order valence-electron chi connectivity index (χ4n) is 2.20. The predicted octanol–water partition coefficient (Wildman–Crippen LogP) is 1.12. The van der Waals surface area contributed by atoms with E-state index in [0.717, 1.165) is 36.0 Å². The van der Waals surface area contributed by atoms with E-state index in [-0.39, 0.29) is 0 Å². The number of fused-ring (bicyclic) bond motifs is 1. The van der Waals surface area contributed by atoms with Crippen molar-refractivity contribution in [1.82, 2.24) is 14.3 Å². The van der Waals surface area contributed by atoms with E-state index in [4.69, 9.17) is 5.73 Å². The van der Waals surface area contributed by atoms with Gasteiger partial charge in [-0.3, -0.25) is 0 Å². The first-order valence-electron chi connectivity index (χ1n) is 6.60. The summed E-state index contributed by atoms with van der Waals surface area (Å²) >= 11 is 0. The first kappa shape index (κ1) is 14.8. The summed E-state index contributed by atoms with van der Waals surface area (Å²) in [6.45, 7) is 3.00. The van der Waals surface area contributed by atoms with Crippen molar-refractivity contribution >= 4 is 26.7 Å². The number of nitrogen functional groups attached to an aromatic ring is 1. The Labute approximate surface area is 119 Å². The number of hydrogen-bond acceptors (Lipinski definition) is 4. The summed E-state index contributed by atoms with van der Waals surface area (Å²) in [4.78, 5) is 4.58. The van der Waals surface area contributed by atoms with Crippen molar-refractivity contribution < 1.29 is 8.42 Å². The van der Waals surface area contributed by atoms with Gasteiger partial charge in [0.1, 0.15) is 5.82 Å². The number of imidazole rings is 1. The Morgan fingerprint density at radius 1 is 1.40 bits per heavy atom. The van der Waals surface area contributed by atoms with Crippen LogP contribution in [-0.2, 0) is 23.0 Å². The van der Waals surface area contributed by atoms with Gasteiger partial charge in [0.2, 0.25) is 10.0 Å². The second-order valence-corrected chi connectivity index (χ2v) is 6.68. The van der Waals surface area contributed by atoms with Crippen molar-refractivity contribution in [1.29, 1.82) is 0 Å². The third kappa shape index (κ3) is 3.49. The van der Waals surface area contributed by atoms with Crippen molar-refractivity contribution in [2.45, 2.75) is 26.3 Å². The number of nitrogens with one attached hydrogen (secondary N) is 1. The molecule has 0 unspecified atom stereocenters. The maximum atomic E-state index is 11.1. The number of aromatic nitrogens is 2. The minimum absolute atomic E-state index is 0.353. The lowest BCUT2D eigenvalue weighted by atomic mass is 10.3. The zero-order valence-corrected chi connectivity index (χ0v) is 12.6. The largest absolute Gasteiger partial charge is 0.399 e. The van der Waals surface area contributed by atoms with Crippen molar-refractivity contribution in [2.24, 2.45) is 0 Å². The van der Waals surface area contributed by atoms with E-state index in [9.17, 15) is 8.42 Å². The summed E-state index contributed by atoms with van der Waals surface area (Å²) in [7, 11) is -3.17. The number of nitrogens with zero attached hydrogens (tertiary/aromatic N) is 2. The first-order valence-corrected chi connectivity index (χ1v) is 8.49. The second-order valence-electron chi connectivity index (χ2n) is 4.84. The minimum atomic E-state index is -3.17. The molecule has 7 heteroatoms. The Hall–Kier alpha value is -1.60. The van der Waals surface area contributed by atoms with Gasteiger partial charge in [-0.1, -0.05) is 6.92 Å². The molecule has 0 atom stereocenters. The molecular formula is C13H20N4O2S. The molecular weight excluding hydrogens is 276 g/mol. The Bertz CT molecular complexity index is 706. The van der Waals surface area contributed by atoms with Crippen LogP contribution in [0.2, 0.25) is 0 Å². The van der Waals surface area contributed by atoms with Crippen LogP contribution in [0.5, 0.6) is 0 Å². The third-order valence-corrected chi connectivity index (χ3v) is 3.75. The monoisotopic (exact) mass is 296 g/mol. The lowest BCUT2D eigenvalue weighted by molar-refractivity contribution is 0.576. The smallest absolute Gasteiger partial charge is 0.208 e. The number of hydrogen-bond donors (Lipinski definition) is 2. The van der Waals surface area contributed by atoms with Gasteiger partial charge in [-0.15, -0.1) is 0 Å². The summed E-state index contributed by atoms with van der Waals surface area (Å²) in [5.74, 6) is 0.961. The van der Waals surface area contributed by atoms with Gasteiger partial charge < -0.3 is 10.3 Å². The zero-order chi connectivity index (χ0) is 14.8. The highest BCUT2D eigenvalue weighted by Gasteiger charge is 2.10. The van der Waals surface area contributed by atoms with Crippen molar-refractivity contribution in [3.63, 3.8) is 0 Å². The molecule has 0 amide bonds. The number of aryl methyl sites for hydroxylation is 1. The zero-order valence-electron chi connectivity index (χ0n) is 11.8.